The third-order valence-corrected chi connectivity index (χ3v) is 5.27. The topological polar surface area (TPSA) is 49.4 Å². The lowest BCUT2D eigenvalue weighted by molar-refractivity contribution is -0.140. The highest BCUT2D eigenvalue weighted by molar-refractivity contribution is 5.88. The first-order valence-electron chi connectivity index (χ1n) is 10.0. The summed E-state index contributed by atoms with van der Waals surface area (Å²) in [5.41, 5.74) is 5.55. The van der Waals surface area contributed by atoms with Gasteiger partial charge in [0.1, 0.15) is 6.04 Å². The molecule has 2 aromatic carbocycles. The summed E-state index contributed by atoms with van der Waals surface area (Å²) < 4.78 is 0. The first kappa shape index (κ1) is 21.7. The molecular formula is C24H32N2O2. The minimum Gasteiger partial charge on any atom is -0.355 e. The summed E-state index contributed by atoms with van der Waals surface area (Å²) >= 11 is 0. The van der Waals surface area contributed by atoms with E-state index < -0.39 is 6.04 Å². The number of carbonyl (C=O) groups is 2. The average Bonchev–Trinajstić information content (AvgIpc) is 2.66. The summed E-state index contributed by atoms with van der Waals surface area (Å²) in [7, 11) is 0. The van der Waals surface area contributed by atoms with Gasteiger partial charge < -0.3 is 10.2 Å². The van der Waals surface area contributed by atoms with Gasteiger partial charge in [-0.15, -0.1) is 0 Å². The predicted octanol–water partition coefficient (Wildman–Crippen LogP) is 4.10. The summed E-state index contributed by atoms with van der Waals surface area (Å²) in [6.07, 6.45) is 0.874. The summed E-state index contributed by atoms with van der Waals surface area (Å²) in [5.74, 6) is -0.114. The van der Waals surface area contributed by atoms with E-state index in [4.69, 9.17) is 0 Å². The summed E-state index contributed by atoms with van der Waals surface area (Å²) in [6, 6.07) is 13.7. The molecule has 0 fully saturated rings. The number of hydrogen-bond acceptors (Lipinski definition) is 2. The van der Waals surface area contributed by atoms with E-state index in [-0.39, 0.29) is 11.8 Å². The second-order valence-electron chi connectivity index (χ2n) is 7.36. The molecule has 1 atom stereocenters. The van der Waals surface area contributed by atoms with Crippen molar-refractivity contribution < 1.29 is 9.59 Å². The van der Waals surface area contributed by atoms with Crippen LogP contribution in [0.15, 0.2) is 42.5 Å². The maximum absolute atomic E-state index is 13.3. The van der Waals surface area contributed by atoms with Gasteiger partial charge in [0.05, 0.1) is 6.42 Å². The van der Waals surface area contributed by atoms with Gasteiger partial charge in [0.2, 0.25) is 11.8 Å². The van der Waals surface area contributed by atoms with Crippen molar-refractivity contribution in [3.8, 4) is 0 Å². The maximum Gasteiger partial charge on any atom is 0.242 e. The van der Waals surface area contributed by atoms with Crippen molar-refractivity contribution in [1.82, 2.24) is 10.2 Å². The Labute approximate surface area is 169 Å². The lowest BCUT2D eigenvalue weighted by atomic mass is 10.0. The molecule has 1 unspecified atom stereocenters. The Morgan fingerprint density at radius 3 is 2.29 bits per heavy atom. The van der Waals surface area contributed by atoms with Crippen LogP contribution in [-0.4, -0.2) is 29.3 Å². The van der Waals surface area contributed by atoms with Crippen LogP contribution in [0.4, 0.5) is 0 Å². The zero-order valence-electron chi connectivity index (χ0n) is 17.7. The molecule has 0 saturated carbocycles. The molecule has 2 aromatic rings. The lowest BCUT2D eigenvalue weighted by Crippen LogP contribution is -2.49. The van der Waals surface area contributed by atoms with Crippen LogP contribution in [0, 0.1) is 20.8 Å². The van der Waals surface area contributed by atoms with E-state index in [2.05, 4.69) is 25.2 Å². The van der Waals surface area contributed by atoms with Crippen LogP contribution in [0.5, 0.6) is 0 Å². The fourth-order valence-corrected chi connectivity index (χ4v) is 3.37. The van der Waals surface area contributed by atoms with Gasteiger partial charge in [-0.3, -0.25) is 9.59 Å². The van der Waals surface area contributed by atoms with E-state index >= 15 is 0 Å². The van der Waals surface area contributed by atoms with E-state index in [9.17, 15) is 9.59 Å². The SMILES string of the molecule is CCNC(=O)C(CC)N(Cc1ccccc1C)C(=O)Cc1ccc(C)c(C)c1. The second-order valence-corrected chi connectivity index (χ2v) is 7.36. The number of amides is 2. The Hall–Kier alpha value is -2.62. The standard InChI is InChI=1S/C24H32N2O2/c1-6-22(24(28)25-7-2)26(16-21-11-9-8-10-18(21)4)23(27)15-20-13-12-17(3)19(5)14-20/h8-14,22H,6-7,15-16H2,1-5H3,(H,25,28). The quantitative estimate of drug-likeness (QED) is 0.750. The van der Waals surface area contributed by atoms with Gasteiger partial charge in [-0.25, -0.2) is 0 Å². The first-order chi connectivity index (χ1) is 13.4. The van der Waals surface area contributed by atoms with Crippen LogP contribution < -0.4 is 5.32 Å². The second kappa shape index (κ2) is 10.1. The molecule has 0 aliphatic heterocycles. The number of carbonyl (C=O) groups excluding carboxylic acids is 2. The molecule has 0 aliphatic rings. The van der Waals surface area contributed by atoms with Crippen LogP contribution in [0.2, 0.25) is 0 Å². The molecule has 28 heavy (non-hydrogen) atoms. The van der Waals surface area contributed by atoms with Crippen molar-refractivity contribution >= 4 is 11.8 Å². The lowest BCUT2D eigenvalue weighted by Gasteiger charge is -2.31. The minimum atomic E-state index is -0.474. The number of nitrogens with one attached hydrogen (secondary N) is 1. The Morgan fingerprint density at radius 2 is 1.68 bits per heavy atom. The number of likely N-dealkylation sites (N-methyl/N-ethyl adjacent to an activating group) is 1. The Bertz CT molecular complexity index is 829. The van der Waals surface area contributed by atoms with Gasteiger partial charge in [-0.05, 0) is 61.9 Å². The molecule has 1 N–H and O–H groups in total. The van der Waals surface area contributed by atoms with Crippen LogP contribution in [-0.2, 0) is 22.6 Å². The van der Waals surface area contributed by atoms with Gasteiger partial charge in [0.15, 0.2) is 0 Å². The highest BCUT2D eigenvalue weighted by Crippen LogP contribution is 2.18. The van der Waals surface area contributed by atoms with Crippen LogP contribution >= 0.6 is 0 Å². The van der Waals surface area contributed by atoms with Gasteiger partial charge in [0, 0.05) is 13.1 Å². The molecule has 0 aromatic heterocycles. The van der Waals surface area contributed by atoms with Crippen LogP contribution in [0.25, 0.3) is 0 Å². The van der Waals surface area contributed by atoms with Gasteiger partial charge in [0.25, 0.3) is 0 Å². The summed E-state index contributed by atoms with van der Waals surface area (Å²) in [5, 5.41) is 2.88. The van der Waals surface area contributed by atoms with E-state index in [1.54, 1.807) is 4.90 Å². The predicted molar refractivity (Wildman–Crippen MR) is 114 cm³/mol. The molecule has 0 saturated heterocycles. The molecule has 2 rings (SSSR count). The van der Waals surface area contributed by atoms with E-state index in [0.717, 1.165) is 16.7 Å². The highest BCUT2D eigenvalue weighted by Gasteiger charge is 2.28. The van der Waals surface area contributed by atoms with E-state index in [1.165, 1.54) is 11.1 Å². The van der Waals surface area contributed by atoms with Crippen LogP contribution in [0.3, 0.4) is 0 Å². The van der Waals surface area contributed by atoms with Gasteiger partial charge >= 0.3 is 0 Å². The molecule has 0 bridgehead atoms. The number of nitrogens with zero attached hydrogens (tertiary/aromatic N) is 1. The smallest absolute Gasteiger partial charge is 0.242 e. The van der Waals surface area contributed by atoms with Crippen molar-refractivity contribution in [2.24, 2.45) is 0 Å². The van der Waals surface area contributed by atoms with Crippen LogP contribution in [0.1, 0.15) is 48.1 Å². The molecule has 0 spiro atoms. The molecule has 0 radical (unpaired) electrons. The Kier molecular flexibility index (Phi) is 7.80. The highest BCUT2D eigenvalue weighted by atomic mass is 16.2. The summed E-state index contributed by atoms with van der Waals surface area (Å²) in [4.78, 5) is 27.7. The third-order valence-electron chi connectivity index (χ3n) is 5.27. The molecule has 4 nitrogen and oxygen atoms in total. The maximum atomic E-state index is 13.3. The number of hydrogen-bond donors (Lipinski definition) is 1. The number of rotatable bonds is 8. The normalized spacial score (nSPS) is 11.8. The molecule has 2 amide bonds. The van der Waals surface area contributed by atoms with Crippen molar-refractivity contribution in [3.63, 3.8) is 0 Å². The average molecular weight is 381 g/mol. The molecule has 150 valence electrons. The zero-order valence-corrected chi connectivity index (χ0v) is 17.7. The van der Waals surface area contributed by atoms with Gasteiger partial charge in [-0.2, -0.15) is 0 Å². The minimum absolute atomic E-state index is 0.0235. The van der Waals surface area contributed by atoms with Crippen molar-refractivity contribution in [2.45, 2.75) is 60.0 Å². The fraction of sp³-hybridized carbons (Fsp3) is 0.417. The van der Waals surface area contributed by atoms with Crippen molar-refractivity contribution in [3.05, 3.63) is 70.3 Å². The Balaban J connectivity index is 2.32. The Morgan fingerprint density at radius 1 is 0.964 bits per heavy atom. The van der Waals surface area contributed by atoms with E-state index in [1.807, 2.05) is 57.2 Å². The summed E-state index contributed by atoms with van der Waals surface area (Å²) in [6.45, 7) is 11.0. The van der Waals surface area contributed by atoms with Gasteiger partial charge in [-0.1, -0.05) is 49.4 Å². The molecule has 0 aliphatic carbocycles. The monoisotopic (exact) mass is 380 g/mol. The third kappa shape index (κ3) is 5.44. The first-order valence-corrected chi connectivity index (χ1v) is 10.0. The largest absolute Gasteiger partial charge is 0.355 e. The van der Waals surface area contributed by atoms with Crippen molar-refractivity contribution in [2.75, 3.05) is 6.54 Å². The number of benzene rings is 2. The molecule has 4 heteroatoms. The number of aryl methyl sites for hydroxylation is 3. The zero-order chi connectivity index (χ0) is 20.7. The molecule has 0 heterocycles. The van der Waals surface area contributed by atoms with Crippen molar-refractivity contribution in [1.29, 1.82) is 0 Å². The fourth-order valence-electron chi connectivity index (χ4n) is 3.37. The van der Waals surface area contributed by atoms with E-state index in [0.29, 0.717) is 25.9 Å². The molecular weight excluding hydrogens is 348 g/mol.